The lowest BCUT2D eigenvalue weighted by Crippen LogP contribution is -2.31. The van der Waals surface area contributed by atoms with Crippen molar-refractivity contribution in [2.24, 2.45) is 0 Å². The maximum Gasteiger partial charge on any atom is 0.488 e. The lowest BCUT2D eigenvalue weighted by Gasteiger charge is -2.30. The fourth-order valence-corrected chi connectivity index (χ4v) is 5.13. The minimum absolute atomic E-state index is 0.426. The molecule has 0 bridgehead atoms. The van der Waals surface area contributed by atoms with Crippen molar-refractivity contribution in [3.63, 3.8) is 0 Å². The molecule has 28 heavy (non-hydrogen) atoms. The Hall–Kier alpha value is -3.21. The van der Waals surface area contributed by atoms with Crippen molar-refractivity contribution in [2.75, 3.05) is 0 Å². The number of pyridine rings is 1. The van der Waals surface area contributed by atoms with Gasteiger partial charge in [0.15, 0.2) is 0 Å². The van der Waals surface area contributed by atoms with Crippen LogP contribution in [0.15, 0.2) is 85.1 Å². The molecule has 1 heterocycles. The summed E-state index contributed by atoms with van der Waals surface area (Å²) in [5, 5.41) is 19.4. The van der Waals surface area contributed by atoms with Crippen LogP contribution in [-0.2, 0) is 5.41 Å². The van der Waals surface area contributed by atoms with Gasteiger partial charge < -0.3 is 10.0 Å². The van der Waals surface area contributed by atoms with Gasteiger partial charge in [-0.1, -0.05) is 72.8 Å². The van der Waals surface area contributed by atoms with Crippen molar-refractivity contribution < 1.29 is 10.0 Å². The van der Waals surface area contributed by atoms with E-state index in [2.05, 4.69) is 48.5 Å². The summed E-state index contributed by atoms with van der Waals surface area (Å²) < 4.78 is 0. The van der Waals surface area contributed by atoms with E-state index in [4.69, 9.17) is 4.98 Å². The van der Waals surface area contributed by atoms with E-state index in [1.807, 2.05) is 36.5 Å². The first-order valence-electron chi connectivity index (χ1n) is 9.38. The zero-order valence-electron chi connectivity index (χ0n) is 15.0. The van der Waals surface area contributed by atoms with Gasteiger partial charge in [0.05, 0.1) is 11.1 Å². The van der Waals surface area contributed by atoms with E-state index >= 15 is 0 Å². The molecule has 6 rings (SSSR count). The smallest absolute Gasteiger partial charge is 0.423 e. The average molecular weight is 361 g/mol. The molecule has 1 unspecified atom stereocenters. The third-order valence-corrected chi connectivity index (χ3v) is 6.16. The Kier molecular flexibility index (Phi) is 3.06. The molecule has 0 radical (unpaired) electrons. The summed E-state index contributed by atoms with van der Waals surface area (Å²) in [5.74, 6) is 0. The first kappa shape index (κ1) is 15.8. The maximum absolute atomic E-state index is 9.72. The first-order chi connectivity index (χ1) is 13.7. The highest BCUT2D eigenvalue weighted by Crippen LogP contribution is 2.61. The van der Waals surface area contributed by atoms with Crippen LogP contribution < -0.4 is 5.46 Å². The van der Waals surface area contributed by atoms with Crippen molar-refractivity contribution in [3.05, 3.63) is 107 Å². The molecule has 4 aromatic rings. The molecule has 1 aromatic heterocycles. The second kappa shape index (κ2) is 5.41. The highest BCUT2D eigenvalue weighted by molar-refractivity contribution is 6.58. The van der Waals surface area contributed by atoms with Crippen molar-refractivity contribution >= 4 is 12.6 Å². The number of nitrogens with zero attached hydrogens (tertiary/aromatic N) is 1. The number of hydrogen-bond donors (Lipinski definition) is 2. The number of benzene rings is 3. The molecular formula is C24H16BNO2. The van der Waals surface area contributed by atoms with Gasteiger partial charge in [0.1, 0.15) is 0 Å². The molecule has 1 atom stereocenters. The van der Waals surface area contributed by atoms with Gasteiger partial charge in [-0.3, -0.25) is 4.98 Å². The molecule has 3 aromatic carbocycles. The molecule has 0 amide bonds. The predicted molar refractivity (Wildman–Crippen MR) is 110 cm³/mol. The fourth-order valence-electron chi connectivity index (χ4n) is 5.13. The molecule has 0 saturated carbocycles. The maximum atomic E-state index is 9.72. The summed E-state index contributed by atoms with van der Waals surface area (Å²) in [6.07, 6.45) is 1.85. The SMILES string of the molecule is OB(O)c1ccc2c(c1)-c1ccccc1C21c2ccccc2-c2ncccc21. The highest BCUT2D eigenvalue weighted by Gasteiger charge is 2.52. The third-order valence-electron chi connectivity index (χ3n) is 6.16. The van der Waals surface area contributed by atoms with Crippen LogP contribution in [0.5, 0.6) is 0 Å². The fraction of sp³-hybridized carbons (Fsp3) is 0.0417. The Morgan fingerprint density at radius 2 is 1.29 bits per heavy atom. The highest BCUT2D eigenvalue weighted by atomic mass is 16.4. The number of fused-ring (bicyclic) bond motifs is 10. The van der Waals surface area contributed by atoms with Crippen LogP contribution in [-0.4, -0.2) is 22.2 Å². The first-order valence-corrected chi connectivity index (χ1v) is 9.38. The molecule has 2 N–H and O–H groups in total. The van der Waals surface area contributed by atoms with E-state index < -0.39 is 12.5 Å². The number of hydrogen-bond acceptors (Lipinski definition) is 3. The lowest BCUT2D eigenvalue weighted by molar-refractivity contribution is 0.426. The van der Waals surface area contributed by atoms with E-state index in [1.165, 1.54) is 16.7 Å². The minimum Gasteiger partial charge on any atom is -0.423 e. The summed E-state index contributed by atoms with van der Waals surface area (Å²) in [6, 6.07) is 26.8. The standard InChI is InChI=1S/C24H16BNO2/c27-25(28)15-11-12-21-18(14-15)16-6-1-3-8-19(16)24(21)20-9-4-2-7-17(20)23-22(24)10-5-13-26-23/h1-14,27-28H. The normalized spacial score (nSPS) is 17.8. The second-order valence-electron chi connectivity index (χ2n) is 7.42. The molecule has 0 fully saturated rings. The van der Waals surface area contributed by atoms with Crippen molar-refractivity contribution in [1.29, 1.82) is 0 Å². The lowest BCUT2D eigenvalue weighted by atomic mass is 9.70. The van der Waals surface area contributed by atoms with Gasteiger partial charge in [0, 0.05) is 11.8 Å². The summed E-state index contributed by atoms with van der Waals surface area (Å²) in [7, 11) is -1.49. The Morgan fingerprint density at radius 3 is 2.07 bits per heavy atom. The Morgan fingerprint density at radius 1 is 0.643 bits per heavy atom. The number of aromatic nitrogens is 1. The van der Waals surface area contributed by atoms with E-state index in [1.54, 1.807) is 0 Å². The van der Waals surface area contributed by atoms with Gasteiger partial charge >= 0.3 is 7.12 Å². The van der Waals surface area contributed by atoms with Gasteiger partial charge in [-0.2, -0.15) is 0 Å². The molecule has 1 spiro atoms. The Labute approximate surface area is 163 Å². The van der Waals surface area contributed by atoms with Crippen molar-refractivity contribution in [3.8, 4) is 22.4 Å². The molecule has 0 aliphatic heterocycles. The van der Waals surface area contributed by atoms with Crippen LogP contribution in [0.25, 0.3) is 22.4 Å². The van der Waals surface area contributed by atoms with Crippen molar-refractivity contribution in [1.82, 2.24) is 4.98 Å². The van der Waals surface area contributed by atoms with Gasteiger partial charge in [-0.05, 0) is 44.9 Å². The molecule has 132 valence electrons. The van der Waals surface area contributed by atoms with Crippen LogP contribution in [0.4, 0.5) is 0 Å². The quantitative estimate of drug-likeness (QED) is 0.443. The van der Waals surface area contributed by atoms with E-state index in [9.17, 15) is 10.0 Å². The summed E-state index contributed by atoms with van der Waals surface area (Å²) in [5.41, 5.74) is 9.23. The largest absolute Gasteiger partial charge is 0.488 e. The minimum atomic E-state index is -1.49. The van der Waals surface area contributed by atoms with E-state index in [-0.39, 0.29) is 0 Å². The molecular weight excluding hydrogens is 345 g/mol. The van der Waals surface area contributed by atoms with E-state index in [0.29, 0.717) is 5.46 Å². The topological polar surface area (TPSA) is 53.4 Å². The van der Waals surface area contributed by atoms with Crippen LogP contribution >= 0.6 is 0 Å². The van der Waals surface area contributed by atoms with Crippen molar-refractivity contribution in [2.45, 2.75) is 5.41 Å². The van der Waals surface area contributed by atoms with Gasteiger partial charge in [0.25, 0.3) is 0 Å². The Bertz CT molecular complexity index is 1220. The second-order valence-corrected chi connectivity index (χ2v) is 7.42. The monoisotopic (exact) mass is 361 g/mol. The molecule has 3 nitrogen and oxygen atoms in total. The van der Waals surface area contributed by atoms with Crippen LogP contribution in [0, 0.1) is 0 Å². The summed E-state index contributed by atoms with van der Waals surface area (Å²) in [6.45, 7) is 0. The van der Waals surface area contributed by atoms with Gasteiger partial charge in [-0.15, -0.1) is 0 Å². The zero-order chi connectivity index (χ0) is 18.9. The summed E-state index contributed by atoms with van der Waals surface area (Å²) in [4.78, 5) is 4.73. The molecule has 4 heteroatoms. The predicted octanol–water partition coefficient (Wildman–Crippen LogP) is 3.10. The van der Waals surface area contributed by atoms with E-state index in [0.717, 1.165) is 27.9 Å². The zero-order valence-corrected chi connectivity index (χ0v) is 15.0. The van der Waals surface area contributed by atoms with Gasteiger partial charge in [-0.25, -0.2) is 0 Å². The number of rotatable bonds is 1. The molecule has 0 saturated heterocycles. The Balaban J connectivity index is 1.81. The molecule has 2 aliphatic rings. The van der Waals surface area contributed by atoms with Gasteiger partial charge in [0.2, 0.25) is 0 Å². The van der Waals surface area contributed by atoms with Crippen LogP contribution in [0.1, 0.15) is 22.3 Å². The van der Waals surface area contributed by atoms with Crippen LogP contribution in [0.2, 0.25) is 0 Å². The molecule has 2 aliphatic carbocycles. The van der Waals surface area contributed by atoms with Crippen LogP contribution in [0.3, 0.4) is 0 Å². The average Bonchev–Trinajstić information content (AvgIpc) is 3.21. The summed E-state index contributed by atoms with van der Waals surface area (Å²) >= 11 is 0. The third kappa shape index (κ3) is 1.74.